The third-order valence-corrected chi connectivity index (χ3v) is 2.37. The van der Waals surface area contributed by atoms with Crippen LogP contribution in [0.15, 0.2) is 18.2 Å². The molecule has 0 aliphatic rings. The molecular formula is C13H18FN3O2. The number of halogens is 1. The molecule has 0 saturated carbocycles. The van der Waals surface area contributed by atoms with Gasteiger partial charge in [0.05, 0.1) is 17.9 Å². The van der Waals surface area contributed by atoms with E-state index in [-0.39, 0.29) is 18.1 Å². The number of carbonyl (C=O) groups is 2. The third kappa shape index (κ3) is 4.33. The van der Waals surface area contributed by atoms with Gasteiger partial charge in [-0.15, -0.1) is 0 Å². The summed E-state index contributed by atoms with van der Waals surface area (Å²) < 4.78 is 13.2. The van der Waals surface area contributed by atoms with Crippen molar-refractivity contribution in [3.05, 3.63) is 24.0 Å². The van der Waals surface area contributed by atoms with Crippen molar-refractivity contribution in [3.63, 3.8) is 0 Å². The molecule has 0 fully saturated rings. The molecule has 19 heavy (non-hydrogen) atoms. The molecule has 4 N–H and O–H groups in total. The Bertz CT molecular complexity index is 495. The second-order valence-electron chi connectivity index (χ2n) is 5.15. The van der Waals surface area contributed by atoms with Gasteiger partial charge in [0.15, 0.2) is 0 Å². The highest BCUT2D eigenvalue weighted by Crippen LogP contribution is 2.25. The van der Waals surface area contributed by atoms with E-state index in [1.54, 1.807) is 20.8 Å². The zero-order chi connectivity index (χ0) is 14.6. The lowest BCUT2D eigenvalue weighted by Gasteiger charge is -2.19. The number of benzene rings is 1. The van der Waals surface area contributed by atoms with Crippen LogP contribution < -0.4 is 16.4 Å². The van der Waals surface area contributed by atoms with Crippen LogP contribution in [-0.4, -0.2) is 18.4 Å². The van der Waals surface area contributed by atoms with Gasteiger partial charge >= 0.3 is 0 Å². The first kappa shape index (κ1) is 15.1. The van der Waals surface area contributed by atoms with E-state index >= 15 is 0 Å². The number of amides is 2. The van der Waals surface area contributed by atoms with Crippen LogP contribution in [0.2, 0.25) is 0 Å². The Morgan fingerprint density at radius 2 is 1.84 bits per heavy atom. The van der Waals surface area contributed by atoms with Gasteiger partial charge in [0, 0.05) is 5.41 Å². The molecule has 0 atom stereocenters. The second kappa shape index (κ2) is 5.79. The Morgan fingerprint density at radius 1 is 1.21 bits per heavy atom. The standard InChI is InChI=1S/C13H18FN3O2/c1-13(2,3)12(19)17-9-5-4-8(14)6-10(9)16-11(18)7-15/h4-6H,7,15H2,1-3H3,(H,16,18)(H,17,19). The van der Waals surface area contributed by atoms with Crippen LogP contribution in [0.1, 0.15) is 20.8 Å². The van der Waals surface area contributed by atoms with Crippen LogP contribution >= 0.6 is 0 Å². The summed E-state index contributed by atoms with van der Waals surface area (Å²) in [6.07, 6.45) is 0. The van der Waals surface area contributed by atoms with Crippen molar-refractivity contribution < 1.29 is 14.0 Å². The van der Waals surface area contributed by atoms with Crippen molar-refractivity contribution in [2.45, 2.75) is 20.8 Å². The van der Waals surface area contributed by atoms with E-state index in [9.17, 15) is 14.0 Å². The zero-order valence-electron chi connectivity index (χ0n) is 11.2. The fraction of sp³-hybridized carbons (Fsp3) is 0.385. The summed E-state index contributed by atoms with van der Waals surface area (Å²) in [5, 5.41) is 5.09. The van der Waals surface area contributed by atoms with Crippen molar-refractivity contribution >= 4 is 23.2 Å². The monoisotopic (exact) mass is 267 g/mol. The van der Waals surface area contributed by atoms with E-state index in [0.717, 1.165) is 6.07 Å². The molecule has 0 heterocycles. The lowest BCUT2D eigenvalue weighted by Crippen LogP contribution is -2.29. The summed E-state index contributed by atoms with van der Waals surface area (Å²) in [5.41, 5.74) is 5.12. The highest BCUT2D eigenvalue weighted by Gasteiger charge is 2.22. The molecule has 0 unspecified atom stereocenters. The number of nitrogens with one attached hydrogen (secondary N) is 2. The van der Waals surface area contributed by atoms with Crippen molar-refractivity contribution in [1.82, 2.24) is 0 Å². The third-order valence-electron chi connectivity index (χ3n) is 2.37. The number of hydrogen-bond acceptors (Lipinski definition) is 3. The molecule has 6 heteroatoms. The minimum Gasteiger partial charge on any atom is -0.324 e. The summed E-state index contributed by atoms with van der Waals surface area (Å²) >= 11 is 0. The number of carbonyl (C=O) groups excluding carboxylic acids is 2. The average molecular weight is 267 g/mol. The van der Waals surface area contributed by atoms with Crippen LogP contribution in [0.5, 0.6) is 0 Å². The molecule has 104 valence electrons. The Morgan fingerprint density at radius 3 is 2.37 bits per heavy atom. The van der Waals surface area contributed by atoms with Gasteiger partial charge in [-0.05, 0) is 18.2 Å². The molecule has 1 aromatic carbocycles. The normalized spacial score (nSPS) is 11.0. The molecule has 0 aliphatic carbocycles. The highest BCUT2D eigenvalue weighted by atomic mass is 19.1. The first-order chi connectivity index (χ1) is 8.74. The summed E-state index contributed by atoms with van der Waals surface area (Å²) in [5.74, 6) is -1.21. The Hall–Kier alpha value is -1.95. The Kier molecular flexibility index (Phi) is 4.61. The van der Waals surface area contributed by atoms with E-state index in [2.05, 4.69) is 10.6 Å². The van der Waals surface area contributed by atoms with E-state index < -0.39 is 17.1 Å². The van der Waals surface area contributed by atoms with Gasteiger partial charge in [0.2, 0.25) is 11.8 Å². The summed E-state index contributed by atoms with van der Waals surface area (Å²) in [6, 6.07) is 3.73. The first-order valence-electron chi connectivity index (χ1n) is 5.85. The maximum absolute atomic E-state index is 13.2. The van der Waals surface area contributed by atoms with E-state index in [4.69, 9.17) is 5.73 Å². The maximum atomic E-state index is 13.2. The van der Waals surface area contributed by atoms with Gasteiger partial charge in [-0.25, -0.2) is 4.39 Å². The Balaban J connectivity index is 3.00. The van der Waals surface area contributed by atoms with Crippen molar-refractivity contribution in [2.75, 3.05) is 17.2 Å². The molecule has 0 spiro atoms. The van der Waals surface area contributed by atoms with Gasteiger partial charge in [-0.2, -0.15) is 0 Å². The van der Waals surface area contributed by atoms with Crippen molar-refractivity contribution in [3.8, 4) is 0 Å². The molecular weight excluding hydrogens is 249 g/mol. The minimum atomic E-state index is -0.594. The molecule has 5 nitrogen and oxygen atoms in total. The van der Waals surface area contributed by atoms with Crippen LogP contribution in [0.25, 0.3) is 0 Å². The zero-order valence-corrected chi connectivity index (χ0v) is 11.2. The smallest absolute Gasteiger partial charge is 0.238 e. The van der Waals surface area contributed by atoms with E-state index in [1.165, 1.54) is 12.1 Å². The van der Waals surface area contributed by atoms with Gasteiger partial charge in [0.1, 0.15) is 5.82 Å². The van der Waals surface area contributed by atoms with Crippen LogP contribution in [0.4, 0.5) is 15.8 Å². The average Bonchev–Trinajstić information content (AvgIpc) is 2.31. The number of hydrogen-bond donors (Lipinski definition) is 3. The number of rotatable bonds is 3. The van der Waals surface area contributed by atoms with Crippen molar-refractivity contribution in [2.24, 2.45) is 11.1 Å². The highest BCUT2D eigenvalue weighted by molar-refractivity contribution is 6.01. The molecule has 0 aromatic heterocycles. The quantitative estimate of drug-likeness (QED) is 0.779. The molecule has 0 radical (unpaired) electrons. The minimum absolute atomic E-state index is 0.188. The SMILES string of the molecule is CC(C)(C)C(=O)Nc1ccc(F)cc1NC(=O)CN. The predicted octanol–water partition coefficient (Wildman–Crippen LogP) is 1.71. The van der Waals surface area contributed by atoms with Gasteiger partial charge in [-0.1, -0.05) is 20.8 Å². The fourth-order valence-corrected chi connectivity index (χ4v) is 1.24. The van der Waals surface area contributed by atoms with Crippen molar-refractivity contribution in [1.29, 1.82) is 0 Å². The molecule has 0 aliphatic heterocycles. The largest absolute Gasteiger partial charge is 0.324 e. The van der Waals surface area contributed by atoms with E-state index in [0.29, 0.717) is 5.69 Å². The van der Waals surface area contributed by atoms with Crippen LogP contribution in [-0.2, 0) is 9.59 Å². The topological polar surface area (TPSA) is 84.2 Å². The molecule has 2 amide bonds. The second-order valence-corrected chi connectivity index (χ2v) is 5.15. The summed E-state index contributed by atoms with van der Waals surface area (Å²) in [4.78, 5) is 23.1. The summed E-state index contributed by atoms with van der Waals surface area (Å²) in [7, 11) is 0. The summed E-state index contributed by atoms with van der Waals surface area (Å²) in [6.45, 7) is 5.04. The van der Waals surface area contributed by atoms with Gasteiger partial charge < -0.3 is 16.4 Å². The molecule has 0 saturated heterocycles. The lowest BCUT2D eigenvalue weighted by molar-refractivity contribution is -0.123. The lowest BCUT2D eigenvalue weighted by atomic mass is 9.95. The van der Waals surface area contributed by atoms with Gasteiger partial charge in [-0.3, -0.25) is 9.59 Å². The fourth-order valence-electron chi connectivity index (χ4n) is 1.24. The van der Waals surface area contributed by atoms with Crippen LogP contribution in [0, 0.1) is 11.2 Å². The predicted molar refractivity (Wildman–Crippen MR) is 72.2 cm³/mol. The first-order valence-corrected chi connectivity index (χ1v) is 5.85. The number of nitrogens with two attached hydrogens (primary N) is 1. The maximum Gasteiger partial charge on any atom is 0.238 e. The molecule has 1 rings (SSSR count). The van der Waals surface area contributed by atoms with Crippen LogP contribution in [0.3, 0.4) is 0 Å². The van der Waals surface area contributed by atoms with Gasteiger partial charge in [0.25, 0.3) is 0 Å². The molecule has 0 bridgehead atoms. The Labute approximate surface area is 111 Å². The number of anilines is 2. The van der Waals surface area contributed by atoms with E-state index in [1.807, 2.05) is 0 Å². The molecule has 1 aromatic rings.